The molecule has 6 heteroatoms. The Morgan fingerprint density at radius 2 is 1.61 bits per heavy atom. The van der Waals surface area contributed by atoms with Gasteiger partial charge < -0.3 is 0 Å². The molecule has 0 atom stereocenters. The number of hydrogen-bond donors (Lipinski definition) is 0. The zero-order chi connectivity index (χ0) is 13.3. The molecule has 0 aliphatic rings. The number of hydrogen-bond acceptors (Lipinski definition) is 2. The van der Waals surface area contributed by atoms with Crippen LogP contribution in [0.2, 0.25) is 0 Å². The summed E-state index contributed by atoms with van der Waals surface area (Å²) >= 11 is 0. The second kappa shape index (κ2) is 4.36. The van der Waals surface area contributed by atoms with Crippen molar-refractivity contribution < 1.29 is 17.6 Å². The fourth-order valence-corrected chi connectivity index (χ4v) is 1.41. The van der Waals surface area contributed by atoms with Crippen molar-refractivity contribution in [3.8, 4) is 11.3 Å². The monoisotopic (exact) mass is 256 g/mol. The summed E-state index contributed by atoms with van der Waals surface area (Å²) in [6, 6.07) is 6.94. The van der Waals surface area contributed by atoms with Gasteiger partial charge in [0.1, 0.15) is 5.69 Å². The van der Waals surface area contributed by atoms with Crippen LogP contribution in [0.4, 0.5) is 17.6 Å². The molecule has 1 aromatic heterocycles. The third-order valence-electron chi connectivity index (χ3n) is 2.36. The van der Waals surface area contributed by atoms with Crippen molar-refractivity contribution in [1.29, 1.82) is 0 Å². The molecule has 1 heterocycles. The van der Waals surface area contributed by atoms with Crippen molar-refractivity contribution in [3.05, 3.63) is 47.4 Å². The van der Waals surface area contributed by atoms with Gasteiger partial charge in [-0.25, -0.2) is 4.39 Å². The molecule has 18 heavy (non-hydrogen) atoms. The van der Waals surface area contributed by atoms with Crippen LogP contribution in [-0.2, 0) is 6.18 Å². The first kappa shape index (κ1) is 12.5. The Morgan fingerprint density at radius 1 is 1.00 bits per heavy atom. The second-order valence-electron chi connectivity index (χ2n) is 3.79. The lowest BCUT2D eigenvalue weighted by atomic mass is 10.1. The quantitative estimate of drug-likeness (QED) is 0.728. The Hall–Kier alpha value is -1.98. The molecule has 0 unspecified atom stereocenters. The van der Waals surface area contributed by atoms with Gasteiger partial charge in [0.15, 0.2) is 11.5 Å². The van der Waals surface area contributed by atoms with Gasteiger partial charge in [-0.1, -0.05) is 29.8 Å². The van der Waals surface area contributed by atoms with E-state index in [9.17, 15) is 17.6 Å². The van der Waals surface area contributed by atoms with E-state index in [4.69, 9.17) is 0 Å². The maximum Gasteiger partial charge on any atom is 0.435 e. The number of nitrogens with zero attached hydrogens (tertiary/aromatic N) is 2. The Morgan fingerprint density at radius 3 is 2.11 bits per heavy atom. The summed E-state index contributed by atoms with van der Waals surface area (Å²) in [5.41, 5.74) is -0.183. The molecule has 2 nitrogen and oxygen atoms in total. The number of rotatable bonds is 1. The number of alkyl halides is 3. The minimum atomic E-state index is -4.69. The zero-order valence-corrected chi connectivity index (χ0v) is 9.29. The maximum atomic E-state index is 13.6. The summed E-state index contributed by atoms with van der Waals surface area (Å²) in [6.45, 7) is 1.85. The van der Waals surface area contributed by atoms with Crippen LogP contribution in [0.1, 0.15) is 11.3 Å². The topological polar surface area (TPSA) is 25.8 Å². The van der Waals surface area contributed by atoms with Gasteiger partial charge in [-0.05, 0) is 6.92 Å². The normalized spacial score (nSPS) is 11.6. The molecule has 0 radical (unpaired) electrons. The van der Waals surface area contributed by atoms with Crippen LogP contribution in [0.3, 0.4) is 0 Å². The van der Waals surface area contributed by atoms with Crippen LogP contribution < -0.4 is 0 Å². The molecular formula is C12H8F4N2. The molecule has 0 bridgehead atoms. The molecule has 2 rings (SSSR count). The van der Waals surface area contributed by atoms with Gasteiger partial charge >= 0.3 is 6.18 Å². The Kier molecular flexibility index (Phi) is 3.02. The van der Waals surface area contributed by atoms with Crippen LogP contribution >= 0.6 is 0 Å². The summed E-state index contributed by atoms with van der Waals surface area (Å²) in [7, 11) is 0. The second-order valence-corrected chi connectivity index (χ2v) is 3.79. The van der Waals surface area contributed by atoms with Crippen molar-refractivity contribution in [2.75, 3.05) is 0 Å². The van der Waals surface area contributed by atoms with Gasteiger partial charge in [0.2, 0.25) is 0 Å². The molecule has 94 valence electrons. The first-order chi connectivity index (χ1) is 8.38. The van der Waals surface area contributed by atoms with Gasteiger partial charge in [-0.3, -0.25) is 0 Å². The fraction of sp³-hybridized carbons (Fsp3) is 0.167. The minimum Gasteiger partial charge on any atom is -0.204 e. The lowest BCUT2D eigenvalue weighted by Crippen LogP contribution is -2.10. The molecule has 2 aromatic rings. The molecule has 1 aromatic carbocycles. The average molecular weight is 256 g/mol. The standard InChI is InChI=1S/C12H8F4N2/c1-7-2-4-8(5-3-7)11-9(13)6-10(17-18-11)12(14,15)16/h2-6H,1H3. The Labute approximate surface area is 100 Å². The zero-order valence-electron chi connectivity index (χ0n) is 9.29. The summed E-state index contributed by atoms with van der Waals surface area (Å²) in [5.74, 6) is -1.04. The first-order valence-electron chi connectivity index (χ1n) is 5.05. The van der Waals surface area contributed by atoms with Gasteiger partial charge in [-0.15, -0.1) is 10.2 Å². The van der Waals surface area contributed by atoms with Crippen LogP contribution in [0.5, 0.6) is 0 Å². The highest BCUT2D eigenvalue weighted by atomic mass is 19.4. The molecule has 0 amide bonds. The molecule has 0 saturated carbocycles. The van der Waals surface area contributed by atoms with E-state index in [0.29, 0.717) is 11.6 Å². The smallest absolute Gasteiger partial charge is 0.204 e. The number of aryl methyl sites for hydroxylation is 1. The molecule has 0 aliphatic heterocycles. The van der Waals surface area contributed by atoms with Crippen LogP contribution in [0.15, 0.2) is 30.3 Å². The largest absolute Gasteiger partial charge is 0.435 e. The van der Waals surface area contributed by atoms with E-state index in [2.05, 4.69) is 10.2 Å². The van der Waals surface area contributed by atoms with Crippen molar-refractivity contribution in [3.63, 3.8) is 0 Å². The van der Waals surface area contributed by atoms with Crippen LogP contribution in [-0.4, -0.2) is 10.2 Å². The van der Waals surface area contributed by atoms with Crippen molar-refractivity contribution in [1.82, 2.24) is 10.2 Å². The van der Waals surface area contributed by atoms with E-state index in [0.717, 1.165) is 5.56 Å². The number of benzene rings is 1. The van der Waals surface area contributed by atoms with Gasteiger partial charge in [0.25, 0.3) is 0 Å². The first-order valence-corrected chi connectivity index (χ1v) is 5.05. The van der Waals surface area contributed by atoms with E-state index in [1.807, 2.05) is 6.92 Å². The summed E-state index contributed by atoms with van der Waals surface area (Å²) in [6.07, 6.45) is -4.69. The number of aromatic nitrogens is 2. The van der Waals surface area contributed by atoms with Crippen LogP contribution in [0.25, 0.3) is 11.3 Å². The minimum absolute atomic E-state index is 0.192. The van der Waals surface area contributed by atoms with E-state index >= 15 is 0 Å². The van der Waals surface area contributed by atoms with Crippen LogP contribution in [0, 0.1) is 12.7 Å². The summed E-state index contributed by atoms with van der Waals surface area (Å²) < 4.78 is 50.4. The van der Waals surface area contributed by atoms with E-state index < -0.39 is 17.7 Å². The van der Waals surface area contributed by atoms with Crippen molar-refractivity contribution >= 4 is 0 Å². The van der Waals surface area contributed by atoms with Crippen molar-refractivity contribution in [2.45, 2.75) is 13.1 Å². The summed E-state index contributed by atoms with van der Waals surface area (Å²) in [5, 5.41) is 6.29. The molecule has 0 aliphatic carbocycles. The third kappa shape index (κ3) is 2.47. The maximum absolute atomic E-state index is 13.6. The lowest BCUT2D eigenvalue weighted by Gasteiger charge is -2.07. The van der Waals surface area contributed by atoms with Crippen molar-refractivity contribution in [2.24, 2.45) is 0 Å². The highest BCUT2D eigenvalue weighted by molar-refractivity contribution is 5.59. The van der Waals surface area contributed by atoms with Gasteiger partial charge in [0, 0.05) is 11.6 Å². The molecule has 0 saturated heterocycles. The molecule has 0 fully saturated rings. The van der Waals surface area contributed by atoms with E-state index in [-0.39, 0.29) is 5.69 Å². The average Bonchev–Trinajstić information content (AvgIpc) is 2.29. The highest BCUT2D eigenvalue weighted by Crippen LogP contribution is 2.29. The molecular weight excluding hydrogens is 248 g/mol. The predicted molar refractivity (Wildman–Crippen MR) is 57.2 cm³/mol. The van der Waals surface area contributed by atoms with E-state index in [1.54, 1.807) is 24.3 Å². The Bertz CT molecular complexity index is 561. The Balaban J connectivity index is 2.45. The van der Waals surface area contributed by atoms with E-state index in [1.165, 1.54) is 0 Å². The molecule has 0 spiro atoms. The lowest BCUT2D eigenvalue weighted by molar-refractivity contribution is -0.141. The predicted octanol–water partition coefficient (Wildman–Crippen LogP) is 3.61. The fourth-order valence-electron chi connectivity index (χ4n) is 1.41. The van der Waals surface area contributed by atoms with Gasteiger partial charge in [0.05, 0.1) is 0 Å². The summed E-state index contributed by atoms with van der Waals surface area (Å²) in [4.78, 5) is 0. The SMILES string of the molecule is Cc1ccc(-c2nnc(C(F)(F)F)cc2F)cc1. The molecule has 0 N–H and O–H groups in total. The van der Waals surface area contributed by atoms with Gasteiger partial charge in [-0.2, -0.15) is 13.2 Å². The highest BCUT2D eigenvalue weighted by Gasteiger charge is 2.34. The number of halogens is 4. The third-order valence-corrected chi connectivity index (χ3v) is 2.36.